The first-order valence-corrected chi connectivity index (χ1v) is 6.90. The van der Waals surface area contributed by atoms with E-state index in [2.05, 4.69) is 10.4 Å². The van der Waals surface area contributed by atoms with Gasteiger partial charge in [0.25, 0.3) is 0 Å². The number of hydrogen-bond acceptors (Lipinski definition) is 3. The summed E-state index contributed by atoms with van der Waals surface area (Å²) in [5, 5.41) is 7.19. The van der Waals surface area contributed by atoms with E-state index in [0.717, 1.165) is 13.0 Å². The summed E-state index contributed by atoms with van der Waals surface area (Å²) in [6.07, 6.45) is 2.71. The lowest BCUT2D eigenvalue weighted by Gasteiger charge is -2.10. The zero-order valence-electron chi connectivity index (χ0n) is 12.2. The summed E-state index contributed by atoms with van der Waals surface area (Å²) in [6.45, 7) is 3.30. The summed E-state index contributed by atoms with van der Waals surface area (Å²) in [5.41, 5.74) is 1.17. The molecule has 0 aliphatic heterocycles. The molecule has 0 radical (unpaired) electrons. The summed E-state index contributed by atoms with van der Waals surface area (Å²) in [5.74, 6) is -1.75. The second kappa shape index (κ2) is 7.17. The van der Waals surface area contributed by atoms with Crippen molar-refractivity contribution in [2.45, 2.75) is 26.5 Å². The maximum absolute atomic E-state index is 13.9. The van der Waals surface area contributed by atoms with Crippen LogP contribution in [0.3, 0.4) is 0 Å². The van der Waals surface area contributed by atoms with Gasteiger partial charge in [-0.25, -0.2) is 8.78 Å². The first-order chi connectivity index (χ1) is 10.1. The van der Waals surface area contributed by atoms with E-state index < -0.39 is 11.6 Å². The molecule has 1 aromatic carbocycles. The summed E-state index contributed by atoms with van der Waals surface area (Å²) < 4.78 is 34.6. The quantitative estimate of drug-likeness (QED) is 0.798. The normalized spacial score (nSPS) is 10.9. The molecule has 1 N–H and O–H groups in total. The van der Waals surface area contributed by atoms with Gasteiger partial charge in [0.1, 0.15) is 6.61 Å². The molecule has 0 aliphatic carbocycles. The Morgan fingerprint density at radius 3 is 2.57 bits per heavy atom. The van der Waals surface area contributed by atoms with E-state index in [0.29, 0.717) is 17.8 Å². The minimum atomic E-state index is -0.695. The standard InChI is InChI=1S/C15H19F2N3O/c1-3-5-18-9-11-7-13(16)15(14(17)8-11)21-10-12-4-6-20(2)19-12/h4,6-8,18H,3,5,9-10H2,1-2H3. The molecule has 0 unspecified atom stereocenters. The molecule has 4 nitrogen and oxygen atoms in total. The lowest BCUT2D eigenvalue weighted by atomic mass is 10.2. The second-order valence-corrected chi connectivity index (χ2v) is 4.83. The van der Waals surface area contributed by atoms with E-state index in [1.165, 1.54) is 12.1 Å². The predicted molar refractivity (Wildman–Crippen MR) is 75.9 cm³/mol. The Kier molecular flexibility index (Phi) is 5.27. The van der Waals surface area contributed by atoms with Crippen LogP contribution in [-0.2, 0) is 20.2 Å². The predicted octanol–water partition coefficient (Wildman–Crippen LogP) is 2.78. The van der Waals surface area contributed by atoms with Crippen LogP contribution in [0.15, 0.2) is 24.4 Å². The van der Waals surface area contributed by atoms with Gasteiger partial charge in [-0.1, -0.05) is 6.92 Å². The van der Waals surface area contributed by atoms with Crippen LogP contribution in [0.1, 0.15) is 24.6 Å². The lowest BCUT2D eigenvalue weighted by Crippen LogP contribution is -2.14. The van der Waals surface area contributed by atoms with Gasteiger partial charge in [0.15, 0.2) is 17.4 Å². The molecule has 6 heteroatoms. The number of nitrogens with zero attached hydrogens (tertiary/aromatic N) is 2. The van der Waals surface area contributed by atoms with Crippen molar-refractivity contribution in [3.63, 3.8) is 0 Å². The van der Waals surface area contributed by atoms with E-state index in [9.17, 15) is 8.78 Å². The summed E-state index contributed by atoms with van der Waals surface area (Å²) in [4.78, 5) is 0. The Labute approximate surface area is 122 Å². The average molecular weight is 295 g/mol. The Hall–Kier alpha value is -1.95. The zero-order valence-corrected chi connectivity index (χ0v) is 12.2. The van der Waals surface area contributed by atoms with E-state index in [-0.39, 0.29) is 12.4 Å². The molecule has 1 aromatic heterocycles. The maximum atomic E-state index is 13.9. The van der Waals surface area contributed by atoms with Crippen molar-refractivity contribution < 1.29 is 13.5 Å². The Balaban J connectivity index is 2.02. The molecular formula is C15H19F2N3O. The molecule has 0 bridgehead atoms. The van der Waals surface area contributed by atoms with Crippen LogP contribution in [0.2, 0.25) is 0 Å². The van der Waals surface area contributed by atoms with Crippen LogP contribution in [-0.4, -0.2) is 16.3 Å². The van der Waals surface area contributed by atoms with Crippen LogP contribution in [0.5, 0.6) is 5.75 Å². The maximum Gasteiger partial charge on any atom is 0.191 e. The zero-order chi connectivity index (χ0) is 15.2. The fourth-order valence-electron chi connectivity index (χ4n) is 1.95. The Morgan fingerprint density at radius 2 is 2.00 bits per heavy atom. The van der Waals surface area contributed by atoms with Crippen LogP contribution in [0.25, 0.3) is 0 Å². The number of nitrogens with one attached hydrogen (secondary N) is 1. The minimum absolute atomic E-state index is 0.0299. The molecule has 1 heterocycles. The van der Waals surface area contributed by atoms with Gasteiger partial charge >= 0.3 is 0 Å². The third-order valence-corrected chi connectivity index (χ3v) is 2.95. The highest BCUT2D eigenvalue weighted by molar-refractivity contribution is 5.31. The number of rotatable bonds is 7. The number of hydrogen-bond donors (Lipinski definition) is 1. The number of ether oxygens (including phenoxy) is 1. The molecule has 0 aliphatic rings. The monoisotopic (exact) mass is 295 g/mol. The van der Waals surface area contributed by atoms with Gasteiger partial charge in [-0.15, -0.1) is 0 Å². The molecular weight excluding hydrogens is 276 g/mol. The smallest absolute Gasteiger partial charge is 0.191 e. The van der Waals surface area contributed by atoms with E-state index in [1.807, 2.05) is 6.92 Å². The molecule has 2 aromatic rings. The highest BCUT2D eigenvalue weighted by Gasteiger charge is 2.13. The van der Waals surface area contributed by atoms with Crippen molar-refractivity contribution in [2.75, 3.05) is 6.54 Å². The molecule has 0 atom stereocenters. The Bertz CT molecular complexity index is 575. The van der Waals surface area contributed by atoms with E-state index >= 15 is 0 Å². The van der Waals surface area contributed by atoms with Crippen molar-refractivity contribution >= 4 is 0 Å². The van der Waals surface area contributed by atoms with E-state index in [4.69, 9.17) is 4.74 Å². The van der Waals surface area contributed by atoms with Gasteiger partial charge in [-0.3, -0.25) is 4.68 Å². The molecule has 0 spiro atoms. The molecule has 2 rings (SSSR count). The second-order valence-electron chi connectivity index (χ2n) is 4.83. The minimum Gasteiger partial charge on any atom is -0.481 e. The van der Waals surface area contributed by atoms with Crippen LogP contribution in [0, 0.1) is 11.6 Å². The van der Waals surface area contributed by atoms with Gasteiger partial charge < -0.3 is 10.1 Å². The fraction of sp³-hybridized carbons (Fsp3) is 0.400. The molecule has 0 fully saturated rings. The molecule has 21 heavy (non-hydrogen) atoms. The largest absolute Gasteiger partial charge is 0.481 e. The van der Waals surface area contributed by atoms with Crippen molar-refractivity contribution in [3.05, 3.63) is 47.3 Å². The molecule has 114 valence electrons. The fourth-order valence-corrected chi connectivity index (χ4v) is 1.95. The van der Waals surface area contributed by atoms with Crippen molar-refractivity contribution in [1.82, 2.24) is 15.1 Å². The third kappa shape index (κ3) is 4.26. The van der Waals surface area contributed by atoms with Gasteiger partial charge in [0, 0.05) is 19.8 Å². The first-order valence-electron chi connectivity index (χ1n) is 6.90. The molecule has 0 saturated carbocycles. The first kappa shape index (κ1) is 15.4. The number of benzene rings is 1. The SMILES string of the molecule is CCCNCc1cc(F)c(OCc2ccn(C)n2)c(F)c1. The summed E-state index contributed by atoms with van der Waals surface area (Å²) in [6, 6.07) is 4.32. The summed E-state index contributed by atoms with van der Waals surface area (Å²) in [7, 11) is 1.77. The summed E-state index contributed by atoms with van der Waals surface area (Å²) >= 11 is 0. The number of halogens is 2. The van der Waals surface area contributed by atoms with Gasteiger partial charge in [-0.05, 0) is 36.7 Å². The van der Waals surface area contributed by atoms with Crippen LogP contribution >= 0.6 is 0 Å². The highest BCUT2D eigenvalue weighted by atomic mass is 19.1. The van der Waals surface area contributed by atoms with Crippen LogP contribution in [0.4, 0.5) is 8.78 Å². The van der Waals surface area contributed by atoms with E-state index in [1.54, 1.807) is 24.0 Å². The third-order valence-electron chi connectivity index (χ3n) is 2.95. The number of aromatic nitrogens is 2. The van der Waals surface area contributed by atoms with Gasteiger partial charge in [0.2, 0.25) is 0 Å². The number of aryl methyl sites for hydroxylation is 1. The molecule has 0 amide bonds. The highest BCUT2D eigenvalue weighted by Crippen LogP contribution is 2.24. The van der Waals surface area contributed by atoms with Crippen molar-refractivity contribution in [1.29, 1.82) is 0 Å². The van der Waals surface area contributed by atoms with Crippen LogP contribution < -0.4 is 10.1 Å². The Morgan fingerprint density at radius 1 is 1.29 bits per heavy atom. The van der Waals surface area contributed by atoms with Crippen molar-refractivity contribution in [2.24, 2.45) is 7.05 Å². The lowest BCUT2D eigenvalue weighted by molar-refractivity contribution is 0.269. The van der Waals surface area contributed by atoms with Gasteiger partial charge in [-0.2, -0.15) is 5.10 Å². The topological polar surface area (TPSA) is 39.1 Å². The average Bonchev–Trinajstić information content (AvgIpc) is 2.84. The molecule has 0 saturated heterocycles. The van der Waals surface area contributed by atoms with Crippen molar-refractivity contribution in [3.8, 4) is 5.75 Å². The van der Waals surface area contributed by atoms with Gasteiger partial charge in [0.05, 0.1) is 5.69 Å².